The number of anilines is 1. The Morgan fingerprint density at radius 2 is 2.20 bits per heavy atom. The summed E-state index contributed by atoms with van der Waals surface area (Å²) in [5, 5.41) is 10.8. The normalized spacial score (nSPS) is 9.93. The van der Waals surface area contributed by atoms with Crippen LogP contribution in [0.3, 0.4) is 0 Å². The van der Waals surface area contributed by atoms with Gasteiger partial charge in [0, 0.05) is 17.7 Å². The molecule has 0 aliphatic carbocycles. The first-order valence-electron chi connectivity index (χ1n) is 4.69. The number of thioether (sulfide) groups is 1. The van der Waals surface area contributed by atoms with E-state index in [9.17, 15) is 0 Å². The zero-order valence-electron chi connectivity index (χ0n) is 8.91. The highest BCUT2D eigenvalue weighted by atomic mass is 32.2. The molecule has 0 aliphatic rings. The highest BCUT2D eigenvalue weighted by Gasteiger charge is 2.10. The van der Waals surface area contributed by atoms with Crippen LogP contribution >= 0.6 is 11.8 Å². The third-order valence-electron chi connectivity index (χ3n) is 2.22. The van der Waals surface area contributed by atoms with E-state index in [1.54, 1.807) is 7.11 Å². The molecule has 0 unspecified atom stereocenters. The van der Waals surface area contributed by atoms with Crippen LogP contribution in [0.25, 0.3) is 0 Å². The predicted octanol–water partition coefficient (Wildman–Crippen LogP) is 2.55. The van der Waals surface area contributed by atoms with Crippen molar-refractivity contribution in [3.8, 4) is 5.40 Å². The second-order valence-electron chi connectivity index (χ2n) is 3.09. The van der Waals surface area contributed by atoms with Gasteiger partial charge >= 0.3 is 0 Å². The lowest BCUT2D eigenvalue weighted by atomic mass is 10.0. The van der Waals surface area contributed by atoms with Crippen molar-refractivity contribution >= 4 is 17.4 Å². The first kappa shape index (κ1) is 11.9. The third kappa shape index (κ3) is 2.65. The van der Waals surface area contributed by atoms with Crippen LogP contribution in [0.15, 0.2) is 17.0 Å². The number of hydrogen-bond donors (Lipinski definition) is 1. The maximum atomic E-state index is 8.69. The highest BCUT2D eigenvalue weighted by Crippen LogP contribution is 2.29. The number of rotatable bonds is 4. The van der Waals surface area contributed by atoms with E-state index >= 15 is 0 Å². The van der Waals surface area contributed by atoms with E-state index in [0.717, 1.165) is 39.9 Å². The molecule has 0 atom stereocenters. The van der Waals surface area contributed by atoms with Crippen LogP contribution in [-0.2, 0) is 17.8 Å². The smallest absolute Gasteiger partial charge is 0.138 e. The lowest BCUT2D eigenvalue weighted by molar-refractivity contribution is 0.182. The average Bonchev–Trinajstić information content (AvgIpc) is 2.23. The second-order valence-corrected chi connectivity index (χ2v) is 3.92. The van der Waals surface area contributed by atoms with Gasteiger partial charge in [0.1, 0.15) is 5.40 Å². The van der Waals surface area contributed by atoms with Crippen molar-refractivity contribution in [1.29, 1.82) is 5.26 Å². The fourth-order valence-corrected chi connectivity index (χ4v) is 2.09. The zero-order chi connectivity index (χ0) is 11.3. The molecule has 0 aliphatic heterocycles. The number of nitrogen functional groups attached to an aromatic ring is 1. The lowest BCUT2D eigenvalue weighted by Crippen LogP contribution is -2.02. The van der Waals surface area contributed by atoms with Crippen LogP contribution in [0.1, 0.15) is 18.1 Å². The van der Waals surface area contributed by atoms with Crippen molar-refractivity contribution in [3.05, 3.63) is 23.3 Å². The van der Waals surface area contributed by atoms with E-state index in [4.69, 9.17) is 15.7 Å². The molecule has 0 saturated heterocycles. The summed E-state index contributed by atoms with van der Waals surface area (Å²) in [6.45, 7) is 2.55. The molecule has 2 N–H and O–H groups in total. The molecule has 0 aromatic heterocycles. The number of nitrogens with two attached hydrogens (primary N) is 1. The molecule has 3 nitrogen and oxygen atoms in total. The van der Waals surface area contributed by atoms with Gasteiger partial charge < -0.3 is 10.5 Å². The number of nitrogens with zero attached hydrogens (tertiary/aromatic N) is 1. The maximum absolute atomic E-state index is 8.69. The summed E-state index contributed by atoms with van der Waals surface area (Å²) in [6.07, 6.45) is 0.852. The minimum Gasteiger partial charge on any atom is -0.398 e. The summed E-state index contributed by atoms with van der Waals surface area (Å²) in [4.78, 5) is 0.936. The Morgan fingerprint density at radius 3 is 2.73 bits per heavy atom. The van der Waals surface area contributed by atoms with Gasteiger partial charge in [0.25, 0.3) is 0 Å². The standard InChI is InChI=1S/C11H14N2OS/c1-3-8-9(6-14-2)11(15-7-12)5-4-10(8)13/h4-5H,3,6,13H2,1-2H3. The first-order valence-corrected chi connectivity index (χ1v) is 5.51. The molecule has 0 spiro atoms. The van der Waals surface area contributed by atoms with Crippen LogP contribution < -0.4 is 5.73 Å². The molecule has 80 valence electrons. The lowest BCUT2D eigenvalue weighted by Gasteiger charge is -2.13. The predicted molar refractivity (Wildman–Crippen MR) is 62.4 cm³/mol. The molecular weight excluding hydrogens is 208 g/mol. The SMILES string of the molecule is CCc1c(N)ccc(SC#N)c1COC. The molecule has 1 rings (SSSR count). The number of ether oxygens (including phenoxy) is 1. The Labute approximate surface area is 94.2 Å². The summed E-state index contributed by atoms with van der Waals surface area (Å²) in [7, 11) is 1.64. The van der Waals surface area contributed by atoms with Crippen LogP contribution in [0.5, 0.6) is 0 Å². The number of methoxy groups -OCH3 is 1. The molecule has 15 heavy (non-hydrogen) atoms. The monoisotopic (exact) mass is 222 g/mol. The Kier molecular flexibility index (Phi) is 4.47. The molecule has 0 saturated carbocycles. The summed E-state index contributed by atoms with van der Waals surface area (Å²) < 4.78 is 5.13. The summed E-state index contributed by atoms with van der Waals surface area (Å²) in [6, 6.07) is 3.72. The minimum atomic E-state index is 0.498. The van der Waals surface area contributed by atoms with Crippen molar-refractivity contribution in [2.75, 3.05) is 12.8 Å². The van der Waals surface area contributed by atoms with Crippen LogP contribution in [0, 0.1) is 10.7 Å². The van der Waals surface area contributed by atoms with Gasteiger partial charge in [-0.05, 0) is 41.4 Å². The number of benzene rings is 1. The van der Waals surface area contributed by atoms with Gasteiger partial charge in [0.05, 0.1) is 6.61 Å². The molecule has 0 heterocycles. The topological polar surface area (TPSA) is 59.0 Å². The quantitative estimate of drug-likeness (QED) is 0.483. The van der Waals surface area contributed by atoms with Gasteiger partial charge in [0.2, 0.25) is 0 Å². The zero-order valence-corrected chi connectivity index (χ0v) is 9.73. The fourth-order valence-electron chi connectivity index (χ4n) is 1.55. The van der Waals surface area contributed by atoms with E-state index in [2.05, 4.69) is 5.40 Å². The van der Waals surface area contributed by atoms with Gasteiger partial charge in [-0.25, -0.2) is 0 Å². The third-order valence-corrected chi connectivity index (χ3v) is 2.92. The minimum absolute atomic E-state index is 0.498. The average molecular weight is 222 g/mol. The first-order chi connectivity index (χ1) is 7.24. The highest BCUT2D eigenvalue weighted by molar-refractivity contribution is 8.03. The van der Waals surface area contributed by atoms with Crippen molar-refractivity contribution in [1.82, 2.24) is 0 Å². The second kappa shape index (κ2) is 5.64. The van der Waals surface area contributed by atoms with E-state index in [-0.39, 0.29) is 0 Å². The van der Waals surface area contributed by atoms with E-state index in [1.807, 2.05) is 19.1 Å². The Bertz CT molecular complexity index is 385. The van der Waals surface area contributed by atoms with Crippen molar-refractivity contribution in [3.63, 3.8) is 0 Å². The van der Waals surface area contributed by atoms with Gasteiger partial charge in [-0.3, -0.25) is 0 Å². The number of nitriles is 1. The molecule has 4 heteroatoms. The van der Waals surface area contributed by atoms with Crippen molar-refractivity contribution < 1.29 is 4.74 Å². The molecule has 0 radical (unpaired) electrons. The molecule has 0 amide bonds. The number of hydrogen-bond acceptors (Lipinski definition) is 4. The Balaban J connectivity index is 3.23. The van der Waals surface area contributed by atoms with E-state index < -0.39 is 0 Å². The van der Waals surface area contributed by atoms with Gasteiger partial charge in [0.15, 0.2) is 0 Å². The molecule has 0 fully saturated rings. The number of thiocyanates is 1. The van der Waals surface area contributed by atoms with Gasteiger partial charge in [-0.1, -0.05) is 6.92 Å². The van der Waals surface area contributed by atoms with Crippen LogP contribution in [0.4, 0.5) is 5.69 Å². The molecule has 1 aromatic rings. The summed E-state index contributed by atoms with van der Waals surface area (Å²) in [5.74, 6) is 0. The van der Waals surface area contributed by atoms with E-state index in [0.29, 0.717) is 6.61 Å². The fraction of sp³-hybridized carbons (Fsp3) is 0.364. The summed E-state index contributed by atoms with van der Waals surface area (Å²) >= 11 is 1.15. The molecule has 0 bridgehead atoms. The van der Waals surface area contributed by atoms with Gasteiger partial charge in [-0.15, -0.1) is 0 Å². The maximum Gasteiger partial charge on any atom is 0.138 e. The largest absolute Gasteiger partial charge is 0.398 e. The van der Waals surface area contributed by atoms with Crippen molar-refractivity contribution in [2.24, 2.45) is 0 Å². The van der Waals surface area contributed by atoms with Crippen LogP contribution in [0.2, 0.25) is 0 Å². The Morgan fingerprint density at radius 1 is 1.47 bits per heavy atom. The molecule has 1 aromatic carbocycles. The summed E-state index contributed by atoms with van der Waals surface area (Å²) in [5.41, 5.74) is 8.76. The molecular formula is C11H14N2OS. The van der Waals surface area contributed by atoms with Gasteiger partial charge in [-0.2, -0.15) is 5.26 Å². The van der Waals surface area contributed by atoms with Crippen LogP contribution in [-0.4, -0.2) is 7.11 Å². The Hall–Kier alpha value is -1.18. The van der Waals surface area contributed by atoms with Crippen molar-refractivity contribution in [2.45, 2.75) is 24.8 Å². The van der Waals surface area contributed by atoms with E-state index in [1.165, 1.54) is 0 Å².